The summed E-state index contributed by atoms with van der Waals surface area (Å²) < 4.78 is 34.5. The summed E-state index contributed by atoms with van der Waals surface area (Å²) in [6, 6.07) is 0. The summed E-state index contributed by atoms with van der Waals surface area (Å²) in [7, 11) is 0. The molecule has 0 atom stereocenters. The molecule has 0 fully saturated rings. The zero-order chi connectivity index (χ0) is 8.04. The zero-order valence-corrected chi connectivity index (χ0v) is 5.99. The molecule has 0 nitrogen and oxygen atoms in total. The van der Waals surface area contributed by atoms with E-state index in [4.69, 9.17) is 0 Å². The van der Waals surface area contributed by atoms with Gasteiger partial charge in [-0.1, -0.05) is 25.7 Å². The highest BCUT2D eigenvalue weighted by molar-refractivity contribution is 6.58. The van der Waals surface area contributed by atoms with Crippen LogP contribution in [-0.4, -0.2) is 6.98 Å². The molecule has 60 valence electrons. The molecular formula is C6H11BF3-. The van der Waals surface area contributed by atoms with Crippen molar-refractivity contribution in [3.8, 4) is 0 Å². The Kier molecular flexibility index (Phi) is 4.24. The standard InChI is InChI=1S/C6H11BF3/c1-2-3-4-5-6-7(8,9)10/h4-5H,2-3,6H2,1H3/q-1/b5-4+. The minimum absolute atomic E-state index is 0.736. The van der Waals surface area contributed by atoms with Crippen molar-refractivity contribution in [3.63, 3.8) is 0 Å². The molecule has 0 saturated heterocycles. The van der Waals surface area contributed by atoms with Gasteiger partial charge in [-0.05, 0) is 6.42 Å². The molecule has 0 aromatic heterocycles. The van der Waals surface area contributed by atoms with Crippen LogP contribution in [0.4, 0.5) is 12.9 Å². The Morgan fingerprint density at radius 3 is 2.20 bits per heavy atom. The summed E-state index contributed by atoms with van der Waals surface area (Å²) in [6.45, 7) is -2.67. The first kappa shape index (κ1) is 9.59. The summed E-state index contributed by atoms with van der Waals surface area (Å²) in [6.07, 6.45) is 3.69. The Morgan fingerprint density at radius 1 is 1.20 bits per heavy atom. The maximum absolute atomic E-state index is 11.5. The van der Waals surface area contributed by atoms with Crippen molar-refractivity contribution in [2.24, 2.45) is 0 Å². The molecule has 0 radical (unpaired) electrons. The second kappa shape index (κ2) is 4.42. The second-order valence-electron chi connectivity index (χ2n) is 2.21. The van der Waals surface area contributed by atoms with E-state index in [0.29, 0.717) is 0 Å². The van der Waals surface area contributed by atoms with Gasteiger partial charge in [0.25, 0.3) is 0 Å². The molecule has 0 unspecified atom stereocenters. The lowest BCUT2D eigenvalue weighted by atomic mass is 9.86. The van der Waals surface area contributed by atoms with Crippen LogP contribution in [0.5, 0.6) is 0 Å². The molecule has 0 rings (SSSR count). The molecule has 0 aromatic carbocycles. The number of allylic oxidation sites excluding steroid dienone is 2. The number of halogens is 3. The molecule has 0 N–H and O–H groups in total. The number of hydrogen-bond donors (Lipinski definition) is 0. The van der Waals surface area contributed by atoms with Crippen LogP contribution >= 0.6 is 0 Å². The predicted octanol–water partition coefficient (Wildman–Crippen LogP) is 3.19. The van der Waals surface area contributed by atoms with Gasteiger partial charge in [-0.3, -0.25) is 0 Å². The van der Waals surface area contributed by atoms with Crippen molar-refractivity contribution in [2.45, 2.75) is 26.1 Å². The van der Waals surface area contributed by atoms with Gasteiger partial charge in [0.1, 0.15) is 0 Å². The van der Waals surface area contributed by atoms with E-state index >= 15 is 0 Å². The van der Waals surface area contributed by atoms with E-state index in [1.165, 1.54) is 6.08 Å². The van der Waals surface area contributed by atoms with Crippen LogP contribution in [0.1, 0.15) is 19.8 Å². The normalized spacial score (nSPS) is 12.8. The van der Waals surface area contributed by atoms with Gasteiger partial charge in [-0.15, -0.1) is 6.08 Å². The minimum Gasteiger partial charge on any atom is -0.449 e. The van der Waals surface area contributed by atoms with Crippen LogP contribution in [0.15, 0.2) is 12.2 Å². The molecule has 0 saturated carbocycles. The van der Waals surface area contributed by atoms with Crippen molar-refractivity contribution < 1.29 is 12.9 Å². The SMILES string of the molecule is CCC/C=C/C[B-](F)(F)F. The van der Waals surface area contributed by atoms with Crippen molar-refractivity contribution in [3.05, 3.63) is 12.2 Å². The van der Waals surface area contributed by atoms with Crippen LogP contribution in [0.2, 0.25) is 6.32 Å². The Morgan fingerprint density at radius 2 is 1.80 bits per heavy atom. The summed E-state index contributed by atoms with van der Waals surface area (Å²) in [4.78, 5) is 0. The number of rotatable bonds is 4. The van der Waals surface area contributed by atoms with Crippen molar-refractivity contribution in [1.29, 1.82) is 0 Å². The van der Waals surface area contributed by atoms with Crippen molar-refractivity contribution in [1.82, 2.24) is 0 Å². The third kappa shape index (κ3) is 7.59. The van der Waals surface area contributed by atoms with E-state index in [-0.39, 0.29) is 0 Å². The highest BCUT2D eigenvalue weighted by Crippen LogP contribution is 2.14. The first-order valence-electron chi connectivity index (χ1n) is 3.42. The van der Waals surface area contributed by atoms with Crippen LogP contribution < -0.4 is 0 Å². The quantitative estimate of drug-likeness (QED) is 0.427. The molecule has 0 heterocycles. The van der Waals surface area contributed by atoms with Crippen LogP contribution in [0, 0.1) is 0 Å². The lowest BCUT2D eigenvalue weighted by Crippen LogP contribution is -2.11. The maximum Gasteiger partial charge on any atom is 0.482 e. The first-order chi connectivity index (χ1) is 4.56. The molecular weight excluding hydrogens is 140 g/mol. The molecule has 0 bridgehead atoms. The van der Waals surface area contributed by atoms with Gasteiger partial charge in [0.2, 0.25) is 0 Å². The van der Waals surface area contributed by atoms with Crippen LogP contribution in [0.25, 0.3) is 0 Å². The molecule has 10 heavy (non-hydrogen) atoms. The van der Waals surface area contributed by atoms with Gasteiger partial charge in [-0.2, -0.15) is 0 Å². The van der Waals surface area contributed by atoms with Gasteiger partial charge in [0, 0.05) is 0 Å². The number of hydrogen-bond acceptors (Lipinski definition) is 0. The topological polar surface area (TPSA) is 0 Å². The van der Waals surface area contributed by atoms with E-state index in [0.717, 1.165) is 12.8 Å². The maximum atomic E-state index is 11.5. The highest BCUT2D eigenvalue weighted by atomic mass is 19.4. The lowest BCUT2D eigenvalue weighted by Gasteiger charge is -2.08. The van der Waals surface area contributed by atoms with Gasteiger partial charge in [0.15, 0.2) is 0 Å². The Labute approximate surface area is 59.2 Å². The molecule has 4 heteroatoms. The van der Waals surface area contributed by atoms with E-state index in [1.807, 2.05) is 6.92 Å². The van der Waals surface area contributed by atoms with Crippen molar-refractivity contribution in [2.75, 3.05) is 0 Å². The summed E-state index contributed by atoms with van der Waals surface area (Å²) in [5.41, 5.74) is 0. The fourth-order valence-corrected chi connectivity index (χ4v) is 0.535. The van der Waals surface area contributed by atoms with E-state index in [9.17, 15) is 12.9 Å². The molecule has 0 spiro atoms. The molecule has 0 aliphatic carbocycles. The summed E-state index contributed by atoms with van der Waals surface area (Å²) in [5, 5.41) is 0. The minimum atomic E-state index is -4.60. The van der Waals surface area contributed by atoms with E-state index in [2.05, 4.69) is 0 Å². The van der Waals surface area contributed by atoms with Gasteiger partial charge in [0.05, 0.1) is 0 Å². The van der Waals surface area contributed by atoms with Gasteiger partial charge in [-0.25, -0.2) is 0 Å². The Hall–Kier alpha value is -0.405. The Bertz CT molecular complexity index is 106. The molecule has 0 aromatic rings. The number of unbranched alkanes of at least 4 members (excludes halogenated alkanes) is 1. The third-order valence-corrected chi connectivity index (χ3v) is 1.03. The van der Waals surface area contributed by atoms with Crippen LogP contribution in [-0.2, 0) is 0 Å². The van der Waals surface area contributed by atoms with Gasteiger partial charge >= 0.3 is 6.98 Å². The van der Waals surface area contributed by atoms with Crippen molar-refractivity contribution >= 4 is 6.98 Å². The molecule has 0 amide bonds. The second-order valence-corrected chi connectivity index (χ2v) is 2.21. The lowest BCUT2D eigenvalue weighted by molar-refractivity contribution is 0.477. The summed E-state index contributed by atoms with van der Waals surface area (Å²) in [5.74, 6) is 0. The first-order valence-corrected chi connectivity index (χ1v) is 3.42. The zero-order valence-electron chi connectivity index (χ0n) is 5.99. The average Bonchev–Trinajstić information content (AvgIpc) is 1.78. The Balaban J connectivity index is 3.34. The fraction of sp³-hybridized carbons (Fsp3) is 0.667. The highest BCUT2D eigenvalue weighted by Gasteiger charge is 2.19. The smallest absolute Gasteiger partial charge is 0.449 e. The van der Waals surface area contributed by atoms with E-state index < -0.39 is 13.3 Å². The monoisotopic (exact) mass is 151 g/mol. The largest absolute Gasteiger partial charge is 0.482 e. The molecule has 0 aliphatic heterocycles. The fourth-order valence-electron chi connectivity index (χ4n) is 0.535. The third-order valence-electron chi connectivity index (χ3n) is 1.03. The van der Waals surface area contributed by atoms with Crippen LogP contribution in [0.3, 0.4) is 0 Å². The summed E-state index contributed by atoms with van der Waals surface area (Å²) >= 11 is 0. The molecule has 0 aliphatic rings. The van der Waals surface area contributed by atoms with E-state index in [1.54, 1.807) is 6.08 Å². The van der Waals surface area contributed by atoms with Gasteiger partial charge < -0.3 is 12.9 Å². The predicted molar refractivity (Wildman–Crippen MR) is 37.9 cm³/mol. The average molecular weight is 151 g/mol.